The molecule has 0 bridgehead atoms. The Labute approximate surface area is 188 Å². The van der Waals surface area contributed by atoms with Crippen LogP contribution in [0.3, 0.4) is 0 Å². The second-order valence-corrected chi connectivity index (χ2v) is 9.00. The number of hydrogen-bond donors (Lipinski definition) is 1. The van der Waals surface area contributed by atoms with Crippen LogP contribution < -0.4 is 5.32 Å². The van der Waals surface area contributed by atoms with Crippen molar-refractivity contribution in [1.29, 1.82) is 0 Å². The van der Waals surface area contributed by atoms with Crippen molar-refractivity contribution in [3.63, 3.8) is 0 Å². The van der Waals surface area contributed by atoms with E-state index in [-0.39, 0.29) is 18.2 Å². The van der Waals surface area contributed by atoms with Gasteiger partial charge < -0.3 is 19.0 Å². The first-order valence-corrected chi connectivity index (χ1v) is 10.7. The maximum Gasteiger partial charge on any atom is 0.412 e. The van der Waals surface area contributed by atoms with Gasteiger partial charge in [0, 0.05) is 31.9 Å². The molecule has 3 amide bonds. The van der Waals surface area contributed by atoms with Crippen molar-refractivity contribution in [3.8, 4) is 0 Å². The Kier molecular flexibility index (Phi) is 6.91. The summed E-state index contributed by atoms with van der Waals surface area (Å²) in [6, 6.07) is 8.88. The summed E-state index contributed by atoms with van der Waals surface area (Å²) in [5, 5.41) is 2.68. The SMILES string of the molecule is Cc1cc(C(=O)N2CCN(C(=O)Cc3ccc(NC(=O)OC(C)(C)C)cc3)CC2)c(C)o1. The third-order valence-electron chi connectivity index (χ3n) is 5.15. The minimum atomic E-state index is -0.568. The Bertz CT molecular complexity index is 980. The minimum Gasteiger partial charge on any atom is -0.466 e. The van der Waals surface area contributed by atoms with Crippen LogP contribution >= 0.6 is 0 Å². The molecule has 0 atom stereocenters. The minimum absolute atomic E-state index is 0.0142. The van der Waals surface area contributed by atoms with Gasteiger partial charge in [0.15, 0.2) is 0 Å². The van der Waals surface area contributed by atoms with Crippen LogP contribution in [0.15, 0.2) is 34.7 Å². The van der Waals surface area contributed by atoms with Crippen LogP contribution in [0.2, 0.25) is 0 Å². The second-order valence-electron chi connectivity index (χ2n) is 9.00. The molecule has 0 saturated carbocycles. The van der Waals surface area contributed by atoms with Gasteiger partial charge in [0.1, 0.15) is 17.1 Å². The van der Waals surface area contributed by atoms with Crippen LogP contribution in [-0.4, -0.2) is 59.5 Å². The zero-order valence-electron chi connectivity index (χ0n) is 19.4. The summed E-state index contributed by atoms with van der Waals surface area (Å²) >= 11 is 0. The summed E-state index contributed by atoms with van der Waals surface area (Å²) in [6.45, 7) is 11.0. The molecular formula is C24H31N3O5. The normalized spacial score (nSPS) is 14.3. The fourth-order valence-electron chi connectivity index (χ4n) is 3.59. The number of nitrogens with one attached hydrogen (secondary N) is 1. The van der Waals surface area contributed by atoms with Gasteiger partial charge >= 0.3 is 6.09 Å². The second kappa shape index (κ2) is 9.46. The Morgan fingerprint density at radius 2 is 1.59 bits per heavy atom. The summed E-state index contributed by atoms with van der Waals surface area (Å²) < 4.78 is 10.7. The van der Waals surface area contributed by atoms with Crippen molar-refractivity contribution in [2.75, 3.05) is 31.5 Å². The van der Waals surface area contributed by atoms with Gasteiger partial charge in [0.2, 0.25) is 5.91 Å². The molecule has 1 aliphatic rings. The molecule has 3 rings (SSSR count). The molecule has 0 spiro atoms. The standard InChI is InChI=1S/C24H31N3O5/c1-16-14-20(17(2)31-16)22(29)27-12-10-26(11-13-27)21(28)15-18-6-8-19(9-7-18)25-23(30)32-24(3,4)5/h6-9,14H,10-13,15H2,1-5H3,(H,25,30). The molecule has 0 unspecified atom stereocenters. The van der Waals surface area contributed by atoms with Crippen LogP contribution in [0.4, 0.5) is 10.5 Å². The number of nitrogens with zero attached hydrogens (tertiary/aromatic N) is 2. The van der Waals surface area contributed by atoms with Crippen molar-refractivity contribution in [1.82, 2.24) is 9.80 Å². The number of carbonyl (C=O) groups excluding carboxylic acids is 3. The maximum absolute atomic E-state index is 12.7. The number of anilines is 1. The maximum atomic E-state index is 12.7. The topological polar surface area (TPSA) is 92.1 Å². The van der Waals surface area contributed by atoms with Crippen molar-refractivity contribution in [2.45, 2.75) is 46.6 Å². The van der Waals surface area contributed by atoms with Crippen LogP contribution in [-0.2, 0) is 16.0 Å². The monoisotopic (exact) mass is 441 g/mol. The lowest BCUT2D eigenvalue weighted by molar-refractivity contribution is -0.131. The summed E-state index contributed by atoms with van der Waals surface area (Å²) in [6.07, 6.45) is -0.254. The van der Waals surface area contributed by atoms with Gasteiger partial charge in [-0.15, -0.1) is 0 Å². The molecule has 0 radical (unpaired) electrons. The first kappa shape index (κ1) is 23.4. The molecule has 1 fully saturated rings. The Hall–Kier alpha value is -3.29. The highest BCUT2D eigenvalue weighted by Crippen LogP contribution is 2.18. The third kappa shape index (κ3) is 6.12. The van der Waals surface area contributed by atoms with E-state index in [2.05, 4.69) is 5.32 Å². The van der Waals surface area contributed by atoms with Gasteiger partial charge in [0.05, 0.1) is 12.0 Å². The van der Waals surface area contributed by atoms with Gasteiger partial charge in [-0.25, -0.2) is 4.79 Å². The highest BCUT2D eigenvalue weighted by molar-refractivity contribution is 5.95. The molecule has 32 heavy (non-hydrogen) atoms. The Morgan fingerprint density at radius 3 is 2.12 bits per heavy atom. The average Bonchev–Trinajstić information content (AvgIpc) is 3.05. The summed E-state index contributed by atoms with van der Waals surface area (Å²) in [4.78, 5) is 40.8. The largest absolute Gasteiger partial charge is 0.466 e. The molecular weight excluding hydrogens is 410 g/mol. The quantitative estimate of drug-likeness (QED) is 0.780. The molecule has 2 aromatic rings. The number of benzene rings is 1. The summed E-state index contributed by atoms with van der Waals surface area (Å²) in [5.74, 6) is 1.29. The van der Waals surface area contributed by atoms with E-state index in [1.165, 1.54) is 0 Å². The smallest absolute Gasteiger partial charge is 0.412 e. The molecule has 1 saturated heterocycles. The lowest BCUT2D eigenvalue weighted by Gasteiger charge is -2.34. The molecule has 8 heteroatoms. The molecule has 172 valence electrons. The number of ether oxygens (including phenoxy) is 1. The molecule has 1 aromatic heterocycles. The fourth-order valence-corrected chi connectivity index (χ4v) is 3.59. The van der Waals surface area contributed by atoms with Crippen LogP contribution in [0.25, 0.3) is 0 Å². The lowest BCUT2D eigenvalue weighted by atomic mass is 10.1. The number of hydrogen-bond acceptors (Lipinski definition) is 5. The summed E-state index contributed by atoms with van der Waals surface area (Å²) in [7, 11) is 0. The number of rotatable bonds is 4. The van der Waals surface area contributed by atoms with Gasteiger partial charge in [-0.05, 0) is 58.4 Å². The van der Waals surface area contributed by atoms with Crippen LogP contribution in [0, 0.1) is 13.8 Å². The van der Waals surface area contributed by atoms with E-state index in [0.717, 1.165) is 5.56 Å². The third-order valence-corrected chi connectivity index (χ3v) is 5.15. The van der Waals surface area contributed by atoms with Crippen LogP contribution in [0.5, 0.6) is 0 Å². The number of amides is 3. The Balaban J connectivity index is 1.49. The van der Waals surface area contributed by atoms with E-state index in [9.17, 15) is 14.4 Å². The van der Waals surface area contributed by atoms with Crippen molar-refractivity contribution >= 4 is 23.6 Å². The van der Waals surface area contributed by atoms with Gasteiger partial charge in [-0.2, -0.15) is 0 Å². The molecule has 1 aliphatic heterocycles. The van der Waals surface area contributed by atoms with Crippen molar-refractivity contribution in [2.24, 2.45) is 0 Å². The highest BCUT2D eigenvalue weighted by Gasteiger charge is 2.26. The first-order chi connectivity index (χ1) is 15.0. The molecule has 2 heterocycles. The van der Waals surface area contributed by atoms with Crippen LogP contribution in [0.1, 0.15) is 48.2 Å². The van der Waals surface area contributed by atoms with E-state index in [0.29, 0.717) is 49.0 Å². The molecule has 1 aromatic carbocycles. The molecule has 1 N–H and O–H groups in total. The first-order valence-electron chi connectivity index (χ1n) is 10.7. The molecule has 0 aliphatic carbocycles. The predicted molar refractivity (Wildman–Crippen MR) is 121 cm³/mol. The average molecular weight is 442 g/mol. The van der Waals surface area contributed by atoms with E-state index < -0.39 is 11.7 Å². The zero-order valence-corrected chi connectivity index (χ0v) is 19.4. The van der Waals surface area contributed by atoms with Crippen molar-refractivity contribution < 1.29 is 23.5 Å². The number of carbonyl (C=O) groups is 3. The Morgan fingerprint density at radius 1 is 1.00 bits per heavy atom. The summed E-state index contributed by atoms with van der Waals surface area (Å²) in [5.41, 5.74) is 1.48. The highest BCUT2D eigenvalue weighted by atomic mass is 16.6. The number of furan rings is 1. The molecule has 8 nitrogen and oxygen atoms in total. The van der Waals surface area contributed by atoms with E-state index >= 15 is 0 Å². The van der Waals surface area contributed by atoms with E-state index in [4.69, 9.17) is 9.15 Å². The van der Waals surface area contributed by atoms with Gasteiger partial charge in [0.25, 0.3) is 5.91 Å². The van der Waals surface area contributed by atoms with Gasteiger partial charge in [-0.3, -0.25) is 14.9 Å². The van der Waals surface area contributed by atoms with Gasteiger partial charge in [-0.1, -0.05) is 12.1 Å². The lowest BCUT2D eigenvalue weighted by Crippen LogP contribution is -2.51. The zero-order chi connectivity index (χ0) is 23.5. The van der Waals surface area contributed by atoms with E-state index in [1.54, 1.807) is 55.7 Å². The fraction of sp³-hybridized carbons (Fsp3) is 0.458. The number of piperazine rings is 1. The van der Waals surface area contributed by atoms with E-state index in [1.807, 2.05) is 19.1 Å². The predicted octanol–water partition coefficient (Wildman–Crippen LogP) is 3.77. The number of aryl methyl sites for hydroxylation is 2. The van der Waals surface area contributed by atoms with Crippen molar-refractivity contribution in [3.05, 3.63) is 53.0 Å².